The van der Waals surface area contributed by atoms with E-state index in [-0.39, 0.29) is 13.2 Å². The first kappa shape index (κ1) is 35.2. The number of rotatable bonds is 14. The Kier molecular flexibility index (Phi) is 14.2. The Balaban J connectivity index is 2.05. The van der Waals surface area contributed by atoms with Crippen LogP contribution in [0.15, 0.2) is 65.8 Å². The molecule has 0 unspecified atom stereocenters. The van der Waals surface area contributed by atoms with Crippen molar-refractivity contribution in [2.75, 3.05) is 26.4 Å². The summed E-state index contributed by atoms with van der Waals surface area (Å²) in [4.78, 5) is 23.0. The Morgan fingerprint density at radius 2 is 1.00 bits per heavy atom. The van der Waals surface area contributed by atoms with Gasteiger partial charge in [0, 0.05) is 18.3 Å². The zero-order chi connectivity index (χ0) is 30.7. The molecule has 0 aliphatic heterocycles. The van der Waals surface area contributed by atoms with Crippen LogP contribution in [0.5, 0.6) is 11.5 Å². The maximum absolute atomic E-state index is 11.5. The van der Waals surface area contributed by atoms with E-state index < -0.39 is 28.9 Å². The third kappa shape index (κ3) is 10.0. The van der Waals surface area contributed by atoms with Gasteiger partial charge in [-0.2, -0.15) is 0 Å². The summed E-state index contributed by atoms with van der Waals surface area (Å²) in [6, 6.07) is 8.01. The number of hydrogen-bond acceptors (Lipinski definition) is 8. The monoisotopic (exact) mass is 824 g/mol. The van der Waals surface area contributed by atoms with Crippen LogP contribution in [0.1, 0.15) is 51.7 Å². The van der Waals surface area contributed by atoms with E-state index in [9.17, 15) is 19.8 Å². The molecule has 0 fully saturated rings. The largest absolute Gasteiger partial charge is 0.502 e. The van der Waals surface area contributed by atoms with E-state index >= 15 is 0 Å². The molecule has 0 aliphatic carbocycles. The third-order valence-electron chi connectivity index (χ3n) is 5.94. The molecular formula is C29H32Br4O8. The van der Waals surface area contributed by atoms with Gasteiger partial charge in [-0.05, 0) is 125 Å². The van der Waals surface area contributed by atoms with Gasteiger partial charge >= 0.3 is 11.9 Å². The standard InChI is InChI=1S/C29H32Br4O8/c1-5-23(34)27(36)40-11-7-9-38-25-19(30)13-17(14-20(25)31)29(3,4)18-15-21(32)26(22(33)16-18)39-10-8-12-41-28(37)24(35)6-2/h5-6,13-16,34-35H,7-12H2,1-4H3. The van der Waals surface area contributed by atoms with Gasteiger partial charge in [0.05, 0.1) is 44.3 Å². The molecule has 2 aromatic rings. The van der Waals surface area contributed by atoms with Gasteiger partial charge in [-0.25, -0.2) is 9.59 Å². The summed E-state index contributed by atoms with van der Waals surface area (Å²) in [5.41, 5.74) is 1.65. The van der Waals surface area contributed by atoms with Crippen LogP contribution in [-0.4, -0.2) is 48.6 Å². The average Bonchev–Trinajstić information content (AvgIpc) is 2.93. The number of carbonyl (C=O) groups excluding carboxylic acids is 2. The van der Waals surface area contributed by atoms with Gasteiger partial charge in [-0.15, -0.1) is 0 Å². The fourth-order valence-corrected chi connectivity index (χ4v) is 6.29. The second-order valence-electron chi connectivity index (χ2n) is 9.19. The Bertz CT molecular complexity index is 1160. The second kappa shape index (κ2) is 16.6. The molecule has 0 heterocycles. The molecule has 2 aromatic carbocycles. The summed E-state index contributed by atoms with van der Waals surface area (Å²) >= 11 is 14.5. The maximum Gasteiger partial charge on any atom is 0.373 e. The van der Waals surface area contributed by atoms with E-state index in [2.05, 4.69) is 77.6 Å². The highest BCUT2D eigenvalue weighted by atomic mass is 79.9. The van der Waals surface area contributed by atoms with Crippen LogP contribution in [0.4, 0.5) is 0 Å². The van der Waals surface area contributed by atoms with Crippen LogP contribution in [0.25, 0.3) is 0 Å². The molecule has 2 N–H and O–H groups in total. The van der Waals surface area contributed by atoms with Crippen LogP contribution in [0.2, 0.25) is 0 Å². The topological polar surface area (TPSA) is 112 Å². The predicted octanol–water partition coefficient (Wildman–Crippen LogP) is 8.61. The molecule has 0 spiro atoms. The molecule has 224 valence electrons. The normalized spacial score (nSPS) is 12.2. The fraction of sp³-hybridized carbons (Fsp3) is 0.379. The van der Waals surface area contributed by atoms with Crippen molar-refractivity contribution in [3.63, 3.8) is 0 Å². The summed E-state index contributed by atoms with van der Waals surface area (Å²) in [5, 5.41) is 18.7. The lowest BCUT2D eigenvalue weighted by Crippen LogP contribution is -2.19. The number of hydrogen-bond donors (Lipinski definition) is 2. The molecule has 12 heteroatoms. The van der Waals surface area contributed by atoms with Crippen LogP contribution in [0, 0.1) is 0 Å². The number of aliphatic hydroxyl groups is 2. The molecular weight excluding hydrogens is 796 g/mol. The van der Waals surface area contributed by atoms with E-state index in [4.69, 9.17) is 18.9 Å². The molecule has 0 saturated carbocycles. The Morgan fingerprint density at radius 3 is 1.29 bits per heavy atom. The number of benzene rings is 2. The molecule has 8 nitrogen and oxygen atoms in total. The highest BCUT2D eigenvalue weighted by molar-refractivity contribution is 9.11. The first-order valence-electron chi connectivity index (χ1n) is 12.6. The van der Waals surface area contributed by atoms with E-state index in [1.807, 2.05) is 24.3 Å². The van der Waals surface area contributed by atoms with Gasteiger partial charge in [0.25, 0.3) is 0 Å². The van der Waals surface area contributed by atoms with E-state index in [0.717, 1.165) is 29.0 Å². The number of aliphatic hydroxyl groups excluding tert-OH is 2. The molecule has 0 aromatic heterocycles. The van der Waals surface area contributed by atoms with Crippen molar-refractivity contribution in [1.29, 1.82) is 0 Å². The minimum Gasteiger partial charge on any atom is -0.502 e. The predicted molar refractivity (Wildman–Crippen MR) is 171 cm³/mol. The van der Waals surface area contributed by atoms with Gasteiger partial charge in [-0.1, -0.05) is 13.8 Å². The van der Waals surface area contributed by atoms with Crippen molar-refractivity contribution in [2.45, 2.75) is 46.0 Å². The molecule has 0 bridgehead atoms. The Morgan fingerprint density at radius 1 is 0.683 bits per heavy atom. The van der Waals surface area contributed by atoms with Crippen LogP contribution >= 0.6 is 63.7 Å². The van der Waals surface area contributed by atoms with Crippen LogP contribution in [0.3, 0.4) is 0 Å². The first-order chi connectivity index (χ1) is 19.3. The quantitative estimate of drug-likeness (QED) is 0.0844. The molecule has 0 aliphatic rings. The molecule has 41 heavy (non-hydrogen) atoms. The lowest BCUT2D eigenvalue weighted by Gasteiger charge is -2.28. The molecule has 0 saturated heterocycles. The lowest BCUT2D eigenvalue weighted by atomic mass is 9.78. The maximum atomic E-state index is 11.5. The van der Waals surface area contributed by atoms with Crippen LogP contribution in [-0.2, 0) is 24.5 Å². The van der Waals surface area contributed by atoms with Crippen molar-refractivity contribution < 1.29 is 38.7 Å². The van der Waals surface area contributed by atoms with Crippen molar-refractivity contribution in [3.05, 3.63) is 77.0 Å². The first-order valence-corrected chi connectivity index (χ1v) is 15.8. The summed E-state index contributed by atoms with van der Waals surface area (Å²) in [6.07, 6.45) is 3.47. The zero-order valence-electron chi connectivity index (χ0n) is 23.1. The SMILES string of the molecule is CC=C(O)C(=O)OCCCOc1c(Br)cc(C(C)(C)c2cc(Br)c(OCCCOC(=O)C(O)=CC)c(Br)c2)cc1Br. The number of ether oxygens (including phenoxy) is 4. The Labute approximate surface area is 273 Å². The minimum atomic E-state index is -0.760. The average molecular weight is 828 g/mol. The van der Waals surface area contributed by atoms with Gasteiger partial charge in [0.1, 0.15) is 11.5 Å². The molecule has 0 radical (unpaired) electrons. The molecule has 0 atom stereocenters. The van der Waals surface area contributed by atoms with Gasteiger partial charge in [-0.3, -0.25) is 0 Å². The van der Waals surface area contributed by atoms with Crippen molar-refractivity contribution in [2.24, 2.45) is 0 Å². The van der Waals surface area contributed by atoms with Gasteiger partial charge in [0.2, 0.25) is 0 Å². The van der Waals surface area contributed by atoms with Gasteiger partial charge in [0.15, 0.2) is 11.5 Å². The minimum absolute atomic E-state index is 0.120. The van der Waals surface area contributed by atoms with Crippen molar-refractivity contribution >= 4 is 75.7 Å². The number of esters is 2. The zero-order valence-corrected chi connectivity index (χ0v) is 29.4. The smallest absolute Gasteiger partial charge is 0.373 e. The lowest BCUT2D eigenvalue weighted by molar-refractivity contribution is -0.143. The van der Waals surface area contributed by atoms with Crippen molar-refractivity contribution in [3.8, 4) is 11.5 Å². The van der Waals surface area contributed by atoms with E-state index in [1.165, 1.54) is 12.2 Å². The summed E-state index contributed by atoms with van der Waals surface area (Å²) in [6.45, 7) is 8.18. The van der Waals surface area contributed by atoms with Crippen molar-refractivity contribution in [1.82, 2.24) is 0 Å². The fourth-order valence-electron chi connectivity index (χ4n) is 3.46. The Hall–Kier alpha value is -2.02. The van der Waals surface area contributed by atoms with E-state index in [0.29, 0.717) is 37.6 Å². The molecule has 0 amide bonds. The van der Waals surface area contributed by atoms with Gasteiger partial charge < -0.3 is 29.2 Å². The van der Waals surface area contributed by atoms with Crippen LogP contribution < -0.4 is 9.47 Å². The summed E-state index contributed by atoms with van der Waals surface area (Å²) in [7, 11) is 0. The number of allylic oxidation sites excluding steroid dienone is 2. The second-order valence-corrected chi connectivity index (χ2v) is 12.6. The van der Waals surface area contributed by atoms with E-state index in [1.54, 1.807) is 13.8 Å². The summed E-state index contributed by atoms with van der Waals surface area (Å²) in [5.74, 6) is -1.10. The number of carbonyl (C=O) groups is 2. The summed E-state index contributed by atoms with van der Waals surface area (Å²) < 4.78 is 24.8. The third-order valence-corrected chi connectivity index (χ3v) is 8.30. The number of halogens is 4. The highest BCUT2D eigenvalue weighted by Gasteiger charge is 2.27. The highest BCUT2D eigenvalue weighted by Crippen LogP contribution is 2.44. The molecule has 2 rings (SSSR count).